The Kier molecular flexibility index (Phi) is 4.99. The summed E-state index contributed by atoms with van der Waals surface area (Å²) >= 11 is 0. The molecule has 0 saturated carbocycles. The van der Waals surface area contributed by atoms with E-state index in [9.17, 15) is 0 Å². The molecule has 5 heteroatoms. The highest BCUT2D eigenvalue weighted by Gasteiger charge is 2.09. The fourth-order valence-corrected chi connectivity index (χ4v) is 3.35. The molecule has 0 unspecified atom stereocenters. The van der Waals surface area contributed by atoms with Crippen LogP contribution in [0.3, 0.4) is 0 Å². The summed E-state index contributed by atoms with van der Waals surface area (Å²) in [6.07, 6.45) is 3.71. The van der Waals surface area contributed by atoms with Gasteiger partial charge < -0.3 is 0 Å². The Morgan fingerprint density at radius 1 is 0.419 bits per heavy atom. The summed E-state index contributed by atoms with van der Waals surface area (Å²) in [6, 6.07) is 28.0. The molecule has 148 valence electrons. The molecule has 0 fully saturated rings. The molecule has 0 bridgehead atoms. The molecule has 0 aliphatic rings. The Balaban J connectivity index is 1.42. The van der Waals surface area contributed by atoms with E-state index in [0.717, 1.165) is 27.8 Å². The van der Waals surface area contributed by atoms with Crippen molar-refractivity contribution in [1.82, 2.24) is 24.9 Å². The van der Waals surface area contributed by atoms with Crippen LogP contribution in [0.4, 0.5) is 0 Å². The molecule has 0 aliphatic carbocycles. The predicted octanol–water partition coefficient (Wildman–Crippen LogP) is 5.64. The maximum atomic E-state index is 4.67. The van der Waals surface area contributed by atoms with E-state index in [-0.39, 0.29) is 0 Å². The van der Waals surface area contributed by atoms with Gasteiger partial charge in [0.2, 0.25) is 0 Å². The van der Waals surface area contributed by atoms with Gasteiger partial charge in [0, 0.05) is 34.6 Å². The standard InChI is InChI=1S/C26H19N5/c1-18-29-25(20-10-6-3-7-11-20)31-26(30-18)22-14-12-21(13-15-22)24-27-16-23(17-28-24)19-8-4-2-5-9-19/h2-17H,1H3. The number of hydrogen-bond acceptors (Lipinski definition) is 5. The maximum Gasteiger partial charge on any atom is 0.163 e. The first-order valence-corrected chi connectivity index (χ1v) is 10.0. The second-order valence-corrected chi connectivity index (χ2v) is 7.13. The average Bonchev–Trinajstić information content (AvgIpc) is 2.85. The zero-order chi connectivity index (χ0) is 21.0. The minimum atomic E-state index is 0.651. The molecule has 0 saturated heterocycles. The topological polar surface area (TPSA) is 64.5 Å². The van der Waals surface area contributed by atoms with E-state index >= 15 is 0 Å². The molecule has 31 heavy (non-hydrogen) atoms. The normalized spacial score (nSPS) is 10.7. The van der Waals surface area contributed by atoms with Crippen LogP contribution >= 0.6 is 0 Å². The van der Waals surface area contributed by atoms with Crippen LogP contribution in [0.2, 0.25) is 0 Å². The molecule has 5 aromatic rings. The molecule has 2 heterocycles. The van der Waals surface area contributed by atoms with Crippen LogP contribution in [0.15, 0.2) is 97.3 Å². The van der Waals surface area contributed by atoms with E-state index in [1.807, 2.05) is 104 Å². The van der Waals surface area contributed by atoms with Gasteiger partial charge in [-0.25, -0.2) is 24.9 Å². The van der Waals surface area contributed by atoms with Gasteiger partial charge in [0.1, 0.15) is 5.82 Å². The number of aromatic nitrogens is 5. The maximum absolute atomic E-state index is 4.67. The fraction of sp³-hybridized carbons (Fsp3) is 0.0385. The lowest BCUT2D eigenvalue weighted by Crippen LogP contribution is -1.99. The van der Waals surface area contributed by atoms with Crippen LogP contribution < -0.4 is 0 Å². The van der Waals surface area contributed by atoms with Gasteiger partial charge >= 0.3 is 0 Å². The van der Waals surface area contributed by atoms with E-state index in [0.29, 0.717) is 23.3 Å². The highest BCUT2D eigenvalue weighted by molar-refractivity contribution is 5.67. The van der Waals surface area contributed by atoms with Gasteiger partial charge in [-0.2, -0.15) is 0 Å². The SMILES string of the molecule is Cc1nc(-c2ccccc2)nc(-c2ccc(-c3ncc(-c4ccccc4)cn3)cc2)n1. The molecule has 5 nitrogen and oxygen atoms in total. The highest BCUT2D eigenvalue weighted by Crippen LogP contribution is 2.24. The minimum Gasteiger partial charge on any atom is -0.236 e. The van der Waals surface area contributed by atoms with Gasteiger partial charge in [-0.15, -0.1) is 0 Å². The van der Waals surface area contributed by atoms with E-state index < -0.39 is 0 Å². The number of nitrogens with zero attached hydrogens (tertiary/aromatic N) is 5. The Hall–Kier alpha value is -4.25. The first-order chi connectivity index (χ1) is 15.3. The van der Waals surface area contributed by atoms with Crippen molar-refractivity contribution in [1.29, 1.82) is 0 Å². The van der Waals surface area contributed by atoms with Gasteiger partial charge in [0.25, 0.3) is 0 Å². The molecule has 0 atom stereocenters. The lowest BCUT2D eigenvalue weighted by molar-refractivity contribution is 0.992. The van der Waals surface area contributed by atoms with E-state index in [1.54, 1.807) is 0 Å². The van der Waals surface area contributed by atoms with Crippen LogP contribution in [0.25, 0.3) is 45.3 Å². The molecule has 0 N–H and O–H groups in total. The van der Waals surface area contributed by atoms with Crippen molar-refractivity contribution < 1.29 is 0 Å². The van der Waals surface area contributed by atoms with Crippen molar-refractivity contribution in [2.75, 3.05) is 0 Å². The monoisotopic (exact) mass is 401 g/mol. The van der Waals surface area contributed by atoms with Gasteiger partial charge in [0.05, 0.1) is 0 Å². The van der Waals surface area contributed by atoms with Crippen molar-refractivity contribution in [3.63, 3.8) is 0 Å². The van der Waals surface area contributed by atoms with Crippen molar-refractivity contribution in [2.45, 2.75) is 6.92 Å². The zero-order valence-corrected chi connectivity index (χ0v) is 17.0. The number of rotatable bonds is 4. The van der Waals surface area contributed by atoms with Crippen LogP contribution in [0.1, 0.15) is 5.82 Å². The molecule has 0 aliphatic heterocycles. The largest absolute Gasteiger partial charge is 0.236 e. The van der Waals surface area contributed by atoms with Gasteiger partial charge in [-0.3, -0.25) is 0 Å². The predicted molar refractivity (Wildman–Crippen MR) is 122 cm³/mol. The van der Waals surface area contributed by atoms with E-state index in [2.05, 4.69) is 24.9 Å². The Bertz CT molecular complexity index is 1300. The summed E-state index contributed by atoms with van der Waals surface area (Å²) in [5.74, 6) is 2.70. The van der Waals surface area contributed by atoms with Crippen LogP contribution in [-0.2, 0) is 0 Å². The summed E-state index contributed by atoms with van der Waals surface area (Å²) < 4.78 is 0. The van der Waals surface area contributed by atoms with Gasteiger partial charge in [-0.1, -0.05) is 84.9 Å². The molecular weight excluding hydrogens is 382 g/mol. The molecule has 0 spiro atoms. The molecular formula is C26H19N5. The van der Waals surface area contributed by atoms with Crippen molar-refractivity contribution >= 4 is 0 Å². The Labute approximate surface area is 180 Å². The van der Waals surface area contributed by atoms with Crippen molar-refractivity contribution in [3.8, 4) is 45.3 Å². The lowest BCUT2D eigenvalue weighted by atomic mass is 10.1. The lowest BCUT2D eigenvalue weighted by Gasteiger charge is -2.07. The van der Waals surface area contributed by atoms with E-state index in [1.165, 1.54) is 0 Å². The third-order valence-corrected chi connectivity index (χ3v) is 4.94. The van der Waals surface area contributed by atoms with Gasteiger partial charge in [-0.05, 0) is 12.5 Å². The van der Waals surface area contributed by atoms with E-state index in [4.69, 9.17) is 0 Å². The van der Waals surface area contributed by atoms with Crippen molar-refractivity contribution in [2.24, 2.45) is 0 Å². The summed E-state index contributed by atoms with van der Waals surface area (Å²) in [5.41, 5.74) is 4.93. The quantitative estimate of drug-likeness (QED) is 0.390. The fourth-order valence-electron chi connectivity index (χ4n) is 3.35. The smallest absolute Gasteiger partial charge is 0.163 e. The number of hydrogen-bond donors (Lipinski definition) is 0. The zero-order valence-electron chi connectivity index (χ0n) is 17.0. The molecule has 0 amide bonds. The summed E-state index contributed by atoms with van der Waals surface area (Å²) in [5, 5.41) is 0. The minimum absolute atomic E-state index is 0.651. The second kappa shape index (κ2) is 8.24. The Morgan fingerprint density at radius 3 is 1.42 bits per heavy atom. The van der Waals surface area contributed by atoms with Gasteiger partial charge in [0.15, 0.2) is 17.5 Å². The molecule has 0 radical (unpaired) electrons. The summed E-state index contributed by atoms with van der Waals surface area (Å²) in [7, 11) is 0. The number of benzene rings is 3. The summed E-state index contributed by atoms with van der Waals surface area (Å²) in [4.78, 5) is 22.8. The third-order valence-electron chi connectivity index (χ3n) is 4.94. The highest BCUT2D eigenvalue weighted by atomic mass is 15.0. The molecule has 3 aromatic carbocycles. The van der Waals surface area contributed by atoms with Crippen LogP contribution in [-0.4, -0.2) is 24.9 Å². The first kappa shape index (κ1) is 18.8. The average molecular weight is 401 g/mol. The molecule has 2 aromatic heterocycles. The van der Waals surface area contributed by atoms with Crippen LogP contribution in [0, 0.1) is 6.92 Å². The number of aryl methyl sites for hydroxylation is 1. The first-order valence-electron chi connectivity index (χ1n) is 10.0. The third kappa shape index (κ3) is 4.07. The molecule has 5 rings (SSSR count). The van der Waals surface area contributed by atoms with Crippen LogP contribution in [0.5, 0.6) is 0 Å². The summed E-state index contributed by atoms with van der Waals surface area (Å²) in [6.45, 7) is 1.88. The van der Waals surface area contributed by atoms with Crippen molar-refractivity contribution in [3.05, 3.63) is 103 Å². The second-order valence-electron chi connectivity index (χ2n) is 7.13. The Morgan fingerprint density at radius 2 is 0.871 bits per heavy atom.